The van der Waals surface area contributed by atoms with E-state index in [1.165, 1.54) is 0 Å². The minimum absolute atomic E-state index is 0.0939. The maximum absolute atomic E-state index is 12.6. The molecule has 124 valence electrons. The van der Waals surface area contributed by atoms with Crippen LogP contribution in [0.1, 0.15) is 58.0 Å². The van der Waals surface area contributed by atoms with Gasteiger partial charge < -0.3 is 4.74 Å². The molecule has 0 aliphatic carbocycles. The lowest BCUT2D eigenvalue weighted by Gasteiger charge is -2.44. The zero-order valence-electron chi connectivity index (χ0n) is 14.4. The molecule has 23 heavy (non-hydrogen) atoms. The molecule has 1 fully saturated rings. The molecule has 1 aromatic heterocycles. The minimum atomic E-state index is -0.463. The third-order valence-electron chi connectivity index (χ3n) is 4.32. The predicted molar refractivity (Wildman–Crippen MR) is 88.9 cm³/mol. The van der Waals surface area contributed by atoms with Gasteiger partial charge in [-0.3, -0.25) is 4.90 Å². The van der Waals surface area contributed by atoms with E-state index in [1.54, 1.807) is 6.20 Å². The standard InChI is InChI=1S/C18H25N3O2/c1-12-8-9-19-16(20-12)13-10-14-6-5-7-15(11-13)21(14)17(22)23-18(2,3)4/h8-10,14-15H,5-7,11H2,1-4H3. The Labute approximate surface area is 137 Å². The van der Waals surface area contributed by atoms with Gasteiger partial charge in [0.05, 0.1) is 6.04 Å². The zero-order chi connectivity index (χ0) is 16.6. The summed E-state index contributed by atoms with van der Waals surface area (Å²) in [6, 6.07) is 2.19. The fraction of sp³-hybridized carbons (Fsp3) is 0.611. The van der Waals surface area contributed by atoms with Crippen LogP contribution in [-0.2, 0) is 4.74 Å². The molecule has 2 unspecified atom stereocenters. The van der Waals surface area contributed by atoms with E-state index < -0.39 is 5.60 Å². The number of amides is 1. The normalized spacial score (nSPS) is 24.2. The van der Waals surface area contributed by atoms with Crippen LogP contribution in [0.15, 0.2) is 18.3 Å². The highest BCUT2D eigenvalue weighted by molar-refractivity contribution is 5.73. The summed E-state index contributed by atoms with van der Waals surface area (Å²) in [5.41, 5.74) is 1.66. The fourth-order valence-corrected chi connectivity index (χ4v) is 3.40. The maximum atomic E-state index is 12.6. The first kappa shape index (κ1) is 16.0. The van der Waals surface area contributed by atoms with E-state index in [-0.39, 0.29) is 18.2 Å². The maximum Gasteiger partial charge on any atom is 0.411 e. The average molecular weight is 315 g/mol. The van der Waals surface area contributed by atoms with Crippen LogP contribution < -0.4 is 0 Å². The summed E-state index contributed by atoms with van der Waals surface area (Å²) >= 11 is 0. The lowest BCUT2D eigenvalue weighted by molar-refractivity contribution is 0.0000443. The Morgan fingerprint density at radius 1 is 1.35 bits per heavy atom. The highest BCUT2D eigenvalue weighted by Gasteiger charge is 2.39. The van der Waals surface area contributed by atoms with Crippen molar-refractivity contribution in [3.8, 4) is 0 Å². The van der Waals surface area contributed by atoms with Crippen LogP contribution in [-0.4, -0.2) is 38.6 Å². The number of aromatic nitrogens is 2. The van der Waals surface area contributed by atoms with Gasteiger partial charge in [0.15, 0.2) is 5.82 Å². The number of carbonyl (C=O) groups is 1. The second kappa shape index (κ2) is 5.95. The van der Waals surface area contributed by atoms with Gasteiger partial charge in [-0.2, -0.15) is 0 Å². The van der Waals surface area contributed by atoms with Crippen molar-refractivity contribution >= 4 is 11.7 Å². The molecule has 2 atom stereocenters. The van der Waals surface area contributed by atoms with Crippen molar-refractivity contribution in [3.63, 3.8) is 0 Å². The summed E-state index contributed by atoms with van der Waals surface area (Å²) < 4.78 is 5.60. The van der Waals surface area contributed by atoms with Crippen molar-refractivity contribution in [2.75, 3.05) is 0 Å². The first-order valence-corrected chi connectivity index (χ1v) is 8.35. The van der Waals surface area contributed by atoms with Crippen LogP contribution in [0.3, 0.4) is 0 Å². The van der Waals surface area contributed by atoms with E-state index >= 15 is 0 Å². The Hall–Kier alpha value is -1.91. The van der Waals surface area contributed by atoms with Crippen molar-refractivity contribution in [1.82, 2.24) is 14.9 Å². The average Bonchev–Trinajstić information content (AvgIpc) is 2.44. The van der Waals surface area contributed by atoms with Crippen LogP contribution in [0.4, 0.5) is 4.79 Å². The highest BCUT2D eigenvalue weighted by atomic mass is 16.6. The van der Waals surface area contributed by atoms with E-state index in [1.807, 2.05) is 38.7 Å². The second-order valence-electron chi connectivity index (χ2n) is 7.46. The summed E-state index contributed by atoms with van der Waals surface area (Å²) in [5, 5.41) is 0. The number of aryl methyl sites for hydroxylation is 1. The summed E-state index contributed by atoms with van der Waals surface area (Å²) in [6.07, 6.45) is 7.70. The molecule has 0 aromatic carbocycles. The number of rotatable bonds is 1. The smallest absolute Gasteiger partial charge is 0.411 e. The molecule has 3 rings (SSSR count). The van der Waals surface area contributed by atoms with Gasteiger partial charge in [0.2, 0.25) is 0 Å². The number of nitrogens with zero attached hydrogens (tertiary/aromatic N) is 3. The van der Waals surface area contributed by atoms with Crippen LogP contribution in [0.2, 0.25) is 0 Å². The van der Waals surface area contributed by atoms with Gasteiger partial charge in [0.25, 0.3) is 0 Å². The summed E-state index contributed by atoms with van der Waals surface area (Å²) in [6.45, 7) is 7.70. The number of hydrogen-bond acceptors (Lipinski definition) is 4. The predicted octanol–water partition coefficient (Wildman–Crippen LogP) is 3.73. The first-order valence-electron chi connectivity index (χ1n) is 8.35. The van der Waals surface area contributed by atoms with Gasteiger partial charge in [0.1, 0.15) is 5.60 Å². The van der Waals surface area contributed by atoms with Crippen molar-refractivity contribution in [2.45, 2.75) is 71.1 Å². The molecule has 3 heterocycles. The molecule has 5 nitrogen and oxygen atoms in total. The number of carbonyl (C=O) groups excluding carboxylic acids is 1. The molecule has 0 spiro atoms. The van der Waals surface area contributed by atoms with Gasteiger partial charge in [-0.25, -0.2) is 14.8 Å². The van der Waals surface area contributed by atoms with Crippen LogP contribution in [0, 0.1) is 6.92 Å². The Morgan fingerprint density at radius 2 is 2.13 bits per heavy atom. The van der Waals surface area contributed by atoms with Crippen LogP contribution >= 0.6 is 0 Å². The molecule has 2 aliphatic rings. The number of hydrogen-bond donors (Lipinski definition) is 0. The SMILES string of the molecule is Cc1ccnc(C2=CC3CCCC(C2)N3C(=O)OC(C)(C)C)n1. The molecule has 1 amide bonds. The first-order chi connectivity index (χ1) is 10.8. The molecular weight excluding hydrogens is 290 g/mol. The molecule has 1 saturated heterocycles. The summed E-state index contributed by atoms with van der Waals surface area (Å²) in [7, 11) is 0. The van der Waals surface area contributed by atoms with Crippen LogP contribution in [0.5, 0.6) is 0 Å². The minimum Gasteiger partial charge on any atom is -0.444 e. The molecular formula is C18H25N3O2. The second-order valence-corrected chi connectivity index (χ2v) is 7.46. The number of piperidine rings is 1. The van der Waals surface area contributed by atoms with Gasteiger partial charge in [-0.15, -0.1) is 0 Å². The lowest BCUT2D eigenvalue weighted by Crippen LogP contribution is -2.53. The highest BCUT2D eigenvalue weighted by Crippen LogP contribution is 2.37. The van der Waals surface area contributed by atoms with E-state index in [0.29, 0.717) is 0 Å². The van der Waals surface area contributed by atoms with Gasteiger partial charge in [-0.05, 0) is 65.0 Å². The molecule has 0 radical (unpaired) electrons. The Kier molecular flexibility index (Phi) is 4.13. The van der Waals surface area contributed by atoms with Gasteiger partial charge in [0, 0.05) is 17.9 Å². The Balaban J connectivity index is 1.86. The van der Waals surface area contributed by atoms with Crippen molar-refractivity contribution in [3.05, 3.63) is 29.9 Å². The van der Waals surface area contributed by atoms with Gasteiger partial charge in [-0.1, -0.05) is 6.08 Å². The molecule has 1 aromatic rings. The largest absolute Gasteiger partial charge is 0.444 e. The summed E-state index contributed by atoms with van der Waals surface area (Å²) in [4.78, 5) is 23.4. The van der Waals surface area contributed by atoms with Crippen LogP contribution in [0.25, 0.3) is 5.57 Å². The molecule has 2 bridgehead atoms. The van der Waals surface area contributed by atoms with Crippen molar-refractivity contribution in [2.24, 2.45) is 0 Å². The van der Waals surface area contributed by atoms with E-state index in [4.69, 9.17) is 4.74 Å². The zero-order valence-corrected chi connectivity index (χ0v) is 14.4. The number of ether oxygens (including phenoxy) is 1. The molecule has 0 N–H and O–H groups in total. The van der Waals surface area contributed by atoms with Crippen molar-refractivity contribution in [1.29, 1.82) is 0 Å². The van der Waals surface area contributed by atoms with E-state index in [0.717, 1.165) is 42.8 Å². The third kappa shape index (κ3) is 3.54. The number of fused-ring (bicyclic) bond motifs is 2. The van der Waals surface area contributed by atoms with E-state index in [2.05, 4.69) is 16.0 Å². The molecule has 5 heteroatoms. The quantitative estimate of drug-likeness (QED) is 0.792. The fourth-order valence-electron chi connectivity index (χ4n) is 3.40. The molecule has 0 saturated carbocycles. The summed E-state index contributed by atoms with van der Waals surface area (Å²) in [5.74, 6) is 0.797. The lowest BCUT2D eigenvalue weighted by atomic mass is 9.85. The monoisotopic (exact) mass is 315 g/mol. The Morgan fingerprint density at radius 3 is 2.78 bits per heavy atom. The van der Waals surface area contributed by atoms with Crippen molar-refractivity contribution < 1.29 is 9.53 Å². The van der Waals surface area contributed by atoms with Gasteiger partial charge >= 0.3 is 6.09 Å². The van der Waals surface area contributed by atoms with E-state index in [9.17, 15) is 4.79 Å². The topological polar surface area (TPSA) is 55.3 Å². The Bertz CT molecular complexity index is 633. The molecule has 2 aliphatic heterocycles. The third-order valence-corrected chi connectivity index (χ3v) is 4.32.